The Morgan fingerprint density at radius 1 is 1.24 bits per heavy atom. The summed E-state index contributed by atoms with van der Waals surface area (Å²) < 4.78 is 0. The Hall–Kier alpha value is -2.04. The molecule has 1 aromatic rings. The lowest BCUT2D eigenvalue weighted by atomic mass is 10.1. The maximum atomic E-state index is 11.8. The molecule has 2 N–H and O–H groups in total. The summed E-state index contributed by atoms with van der Waals surface area (Å²) in [6, 6.07) is 7.16. The fourth-order valence-corrected chi connectivity index (χ4v) is 1.74. The molecule has 5 nitrogen and oxygen atoms in total. The van der Waals surface area contributed by atoms with Gasteiger partial charge in [0.1, 0.15) is 0 Å². The number of hydrogen-bond donors (Lipinski definition) is 2. The molecule has 0 spiro atoms. The highest BCUT2D eigenvalue weighted by atomic mass is 16.2. The van der Waals surface area contributed by atoms with Crippen LogP contribution in [0.5, 0.6) is 0 Å². The second kappa shape index (κ2) is 8.29. The van der Waals surface area contributed by atoms with E-state index in [1.54, 1.807) is 14.1 Å². The first-order valence-corrected chi connectivity index (χ1v) is 7.22. The van der Waals surface area contributed by atoms with Crippen molar-refractivity contribution in [2.75, 3.05) is 26.0 Å². The van der Waals surface area contributed by atoms with Crippen molar-refractivity contribution in [2.45, 2.75) is 26.7 Å². The first-order chi connectivity index (χ1) is 9.88. The molecule has 1 aromatic carbocycles. The van der Waals surface area contributed by atoms with Gasteiger partial charge in [-0.3, -0.25) is 4.79 Å². The quantitative estimate of drug-likeness (QED) is 0.846. The molecule has 5 heteroatoms. The highest BCUT2D eigenvalue weighted by Gasteiger charge is 2.07. The van der Waals surface area contributed by atoms with Crippen molar-refractivity contribution in [3.05, 3.63) is 29.8 Å². The third kappa shape index (κ3) is 6.79. The van der Waals surface area contributed by atoms with E-state index in [-0.39, 0.29) is 11.9 Å². The van der Waals surface area contributed by atoms with Gasteiger partial charge in [0, 0.05) is 26.3 Å². The molecule has 0 aromatic heterocycles. The van der Waals surface area contributed by atoms with Crippen LogP contribution in [0.25, 0.3) is 0 Å². The molecule has 0 atom stereocenters. The van der Waals surface area contributed by atoms with E-state index in [0.717, 1.165) is 12.0 Å². The molecule has 3 amide bonds. The summed E-state index contributed by atoms with van der Waals surface area (Å²) in [6.45, 7) is 4.96. The summed E-state index contributed by atoms with van der Waals surface area (Å²) in [5, 5.41) is 5.67. The van der Waals surface area contributed by atoms with Crippen LogP contribution in [0.1, 0.15) is 25.8 Å². The van der Waals surface area contributed by atoms with E-state index < -0.39 is 0 Å². The lowest BCUT2D eigenvalue weighted by Gasteiger charge is -2.13. The lowest BCUT2D eigenvalue weighted by Crippen LogP contribution is -2.28. The molecule has 1 rings (SSSR count). The molecular formula is C16H25N3O2. The van der Waals surface area contributed by atoms with Crippen molar-refractivity contribution >= 4 is 17.6 Å². The minimum absolute atomic E-state index is 0.00624. The predicted octanol–water partition coefficient (Wildman–Crippen LogP) is 2.48. The van der Waals surface area contributed by atoms with Gasteiger partial charge in [0.2, 0.25) is 5.91 Å². The lowest BCUT2D eigenvalue weighted by molar-refractivity contribution is -0.120. The zero-order valence-electron chi connectivity index (χ0n) is 13.3. The van der Waals surface area contributed by atoms with Gasteiger partial charge in [0.05, 0.1) is 6.42 Å². The average Bonchev–Trinajstić information content (AvgIpc) is 2.38. The Morgan fingerprint density at radius 3 is 2.57 bits per heavy atom. The number of anilines is 1. The zero-order valence-corrected chi connectivity index (χ0v) is 13.3. The number of carbonyl (C=O) groups excluding carboxylic acids is 2. The molecule has 0 radical (unpaired) electrons. The van der Waals surface area contributed by atoms with Crippen LogP contribution in [0.2, 0.25) is 0 Å². The summed E-state index contributed by atoms with van der Waals surface area (Å²) in [7, 11) is 3.36. The maximum Gasteiger partial charge on any atom is 0.321 e. The molecular weight excluding hydrogens is 266 g/mol. The van der Waals surface area contributed by atoms with Crippen molar-refractivity contribution < 1.29 is 9.59 Å². The number of carbonyl (C=O) groups is 2. The largest absolute Gasteiger partial charge is 0.356 e. The molecule has 0 saturated carbocycles. The predicted molar refractivity (Wildman–Crippen MR) is 85.3 cm³/mol. The summed E-state index contributed by atoms with van der Waals surface area (Å²) >= 11 is 0. The first-order valence-electron chi connectivity index (χ1n) is 7.22. The van der Waals surface area contributed by atoms with Crippen LogP contribution in [0, 0.1) is 5.92 Å². The van der Waals surface area contributed by atoms with E-state index in [2.05, 4.69) is 24.5 Å². The van der Waals surface area contributed by atoms with Crippen molar-refractivity contribution in [3.8, 4) is 0 Å². The standard InChI is InChI=1S/C16H25N3O2/c1-12(2)8-9-17-15(20)11-13-6-5-7-14(10-13)18-16(21)19(3)4/h5-7,10,12H,8-9,11H2,1-4H3,(H,17,20)(H,18,21). The average molecular weight is 291 g/mol. The Morgan fingerprint density at radius 2 is 1.95 bits per heavy atom. The number of amides is 3. The van der Waals surface area contributed by atoms with Crippen molar-refractivity contribution in [1.82, 2.24) is 10.2 Å². The first kappa shape index (κ1) is 17.0. The second-order valence-corrected chi connectivity index (χ2v) is 5.73. The van der Waals surface area contributed by atoms with Gasteiger partial charge in [-0.15, -0.1) is 0 Å². The van der Waals surface area contributed by atoms with Gasteiger partial charge in [-0.05, 0) is 30.0 Å². The van der Waals surface area contributed by atoms with Crippen LogP contribution in [0.15, 0.2) is 24.3 Å². The van der Waals surface area contributed by atoms with Crippen molar-refractivity contribution in [1.29, 1.82) is 0 Å². The van der Waals surface area contributed by atoms with E-state index in [4.69, 9.17) is 0 Å². The van der Waals surface area contributed by atoms with Crippen molar-refractivity contribution in [2.24, 2.45) is 5.92 Å². The second-order valence-electron chi connectivity index (χ2n) is 5.73. The van der Waals surface area contributed by atoms with Gasteiger partial charge in [0.25, 0.3) is 0 Å². The molecule has 116 valence electrons. The smallest absolute Gasteiger partial charge is 0.321 e. The Balaban J connectivity index is 2.52. The normalized spacial score (nSPS) is 10.3. The number of nitrogens with one attached hydrogen (secondary N) is 2. The van der Waals surface area contributed by atoms with Gasteiger partial charge >= 0.3 is 6.03 Å². The van der Waals surface area contributed by atoms with E-state index in [1.165, 1.54) is 4.90 Å². The van der Waals surface area contributed by atoms with E-state index in [9.17, 15) is 9.59 Å². The topological polar surface area (TPSA) is 61.4 Å². The van der Waals surface area contributed by atoms with Crippen molar-refractivity contribution in [3.63, 3.8) is 0 Å². The van der Waals surface area contributed by atoms with Gasteiger partial charge in [-0.25, -0.2) is 4.79 Å². The van der Waals surface area contributed by atoms with Gasteiger partial charge in [0.15, 0.2) is 0 Å². The van der Waals surface area contributed by atoms with Gasteiger partial charge < -0.3 is 15.5 Å². The number of rotatable bonds is 6. The summed E-state index contributed by atoms with van der Waals surface area (Å²) in [6.07, 6.45) is 1.30. The Kier molecular flexibility index (Phi) is 6.72. The number of nitrogens with zero attached hydrogens (tertiary/aromatic N) is 1. The SMILES string of the molecule is CC(C)CCNC(=O)Cc1cccc(NC(=O)N(C)C)c1. The number of benzene rings is 1. The highest BCUT2D eigenvalue weighted by molar-refractivity contribution is 5.89. The molecule has 0 saturated heterocycles. The molecule has 0 heterocycles. The van der Waals surface area contributed by atoms with Crippen LogP contribution < -0.4 is 10.6 Å². The maximum absolute atomic E-state index is 11.8. The zero-order chi connectivity index (χ0) is 15.8. The number of hydrogen-bond acceptors (Lipinski definition) is 2. The molecule has 0 unspecified atom stereocenters. The molecule has 0 fully saturated rings. The van der Waals surface area contributed by atoms with Gasteiger partial charge in [-0.2, -0.15) is 0 Å². The fourth-order valence-electron chi connectivity index (χ4n) is 1.74. The molecule has 21 heavy (non-hydrogen) atoms. The summed E-state index contributed by atoms with van der Waals surface area (Å²) in [5.41, 5.74) is 1.58. The van der Waals surface area contributed by atoms with E-state index in [0.29, 0.717) is 24.6 Å². The fraction of sp³-hybridized carbons (Fsp3) is 0.500. The van der Waals surface area contributed by atoms with Crippen LogP contribution >= 0.6 is 0 Å². The van der Waals surface area contributed by atoms with E-state index in [1.807, 2.05) is 24.3 Å². The van der Waals surface area contributed by atoms with Crippen LogP contribution in [0.4, 0.5) is 10.5 Å². The Labute approximate surface area is 126 Å². The van der Waals surface area contributed by atoms with Crippen LogP contribution in [-0.2, 0) is 11.2 Å². The van der Waals surface area contributed by atoms with E-state index >= 15 is 0 Å². The summed E-state index contributed by atoms with van der Waals surface area (Å²) in [4.78, 5) is 24.9. The van der Waals surface area contributed by atoms with Crippen LogP contribution in [0.3, 0.4) is 0 Å². The molecule has 0 aliphatic carbocycles. The minimum Gasteiger partial charge on any atom is -0.356 e. The minimum atomic E-state index is -0.187. The molecule has 0 aliphatic rings. The van der Waals surface area contributed by atoms with Gasteiger partial charge in [-0.1, -0.05) is 26.0 Å². The molecule has 0 bridgehead atoms. The van der Waals surface area contributed by atoms with Crippen LogP contribution in [-0.4, -0.2) is 37.5 Å². The third-order valence-electron chi connectivity index (χ3n) is 2.99. The number of urea groups is 1. The third-order valence-corrected chi connectivity index (χ3v) is 2.99. The summed E-state index contributed by atoms with van der Waals surface area (Å²) in [5.74, 6) is 0.585. The highest BCUT2D eigenvalue weighted by Crippen LogP contribution is 2.11. The Bertz CT molecular complexity index is 484. The monoisotopic (exact) mass is 291 g/mol. The molecule has 0 aliphatic heterocycles.